The first kappa shape index (κ1) is 13.4. The number of halogens is 1. The van der Waals surface area contributed by atoms with E-state index in [4.69, 9.17) is 17.3 Å². The fourth-order valence-corrected chi connectivity index (χ4v) is 2.89. The zero-order chi connectivity index (χ0) is 13.3. The van der Waals surface area contributed by atoms with Crippen LogP contribution in [-0.2, 0) is 0 Å². The van der Waals surface area contributed by atoms with Crippen molar-refractivity contribution in [3.8, 4) is 0 Å². The van der Waals surface area contributed by atoms with Crippen molar-refractivity contribution in [3.05, 3.63) is 17.3 Å². The lowest BCUT2D eigenvalue weighted by Crippen LogP contribution is -2.56. The van der Waals surface area contributed by atoms with Gasteiger partial charge < -0.3 is 15.5 Å². The van der Waals surface area contributed by atoms with Crippen molar-refractivity contribution in [1.82, 2.24) is 9.88 Å². The third-order valence-corrected chi connectivity index (χ3v) is 4.25. The van der Waals surface area contributed by atoms with Crippen LogP contribution in [0.15, 0.2) is 12.3 Å². The normalized spacial score (nSPS) is 17.6. The van der Waals surface area contributed by atoms with Gasteiger partial charge in [0.25, 0.3) is 0 Å². The van der Waals surface area contributed by atoms with Crippen molar-refractivity contribution < 1.29 is 0 Å². The predicted molar refractivity (Wildman–Crippen MR) is 77.2 cm³/mol. The first-order chi connectivity index (χ1) is 8.44. The summed E-state index contributed by atoms with van der Waals surface area (Å²) in [6.07, 6.45) is 5.42. The highest BCUT2D eigenvalue weighted by atomic mass is 35.5. The zero-order valence-corrected chi connectivity index (χ0v) is 12.0. The SMILES string of the molecule is CN(CC1(N(C)C)CCC1)c1ncc(N)cc1Cl. The molecule has 0 radical (unpaired) electrons. The topological polar surface area (TPSA) is 45.4 Å². The molecule has 1 aromatic heterocycles. The van der Waals surface area contributed by atoms with Crippen molar-refractivity contribution in [2.75, 3.05) is 38.3 Å². The molecule has 0 unspecified atom stereocenters. The molecule has 1 aliphatic rings. The van der Waals surface area contributed by atoms with Crippen molar-refractivity contribution >= 4 is 23.1 Å². The second-order valence-electron chi connectivity index (χ2n) is 5.40. The summed E-state index contributed by atoms with van der Waals surface area (Å²) >= 11 is 6.20. The molecule has 18 heavy (non-hydrogen) atoms. The van der Waals surface area contributed by atoms with Crippen molar-refractivity contribution in [1.29, 1.82) is 0 Å². The van der Waals surface area contributed by atoms with Gasteiger partial charge in [0.1, 0.15) is 5.82 Å². The summed E-state index contributed by atoms with van der Waals surface area (Å²) < 4.78 is 0. The fourth-order valence-electron chi connectivity index (χ4n) is 2.57. The molecule has 0 atom stereocenters. The summed E-state index contributed by atoms with van der Waals surface area (Å²) in [6.45, 7) is 0.941. The summed E-state index contributed by atoms with van der Waals surface area (Å²) in [5.41, 5.74) is 6.53. The molecule has 2 N–H and O–H groups in total. The Bertz CT molecular complexity index is 429. The quantitative estimate of drug-likeness (QED) is 0.910. The molecule has 0 amide bonds. The Labute approximate surface area is 114 Å². The average molecular weight is 269 g/mol. The molecule has 1 saturated carbocycles. The molecule has 2 rings (SSSR count). The van der Waals surface area contributed by atoms with E-state index >= 15 is 0 Å². The van der Waals surface area contributed by atoms with Crippen molar-refractivity contribution in [2.24, 2.45) is 0 Å². The van der Waals surface area contributed by atoms with Gasteiger partial charge in [-0.2, -0.15) is 0 Å². The maximum Gasteiger partial charge on any atom is 0.147 e. The predicted octanol–water partition coefficient (Wildman–Crippen LogP) is 2.24. The van der Waals surface area contributed by atoms with Gasteiger partial charge >= 0.3 is 0 Å². The number of anilines is 2. The monoisotopic (exact) mass is 268 g/mol. The molecule has 1 aromatic rings. The van der Waals surface area contributed by atoms with Gasteiger partial charge in [-0.25, -0.2) is 4.98 Å². The second-order valence-corrected chi connectivity index (χ2v) is 5.81. The number of nitrogens with two attached hydrogens (primary N) is 1. The third-order valence-electron chi connectivity index (χ3n) is 3.97. The van der Waals surface area contributed by atoms with Gasteiger partial charge in [0.05, 0.1) is 16.9 Å². The zero-order valence-electron chi connectivity index (χ0n) is 11.3. The number of likely N-dealkylation sites (N-methyl/N-ethyl adjacent to an activating group) is 2. The Morgan fingerprint density at radius 1 is 1.39 bits per heavy atom. The molecule has 0 spiro atoms. The minimum atomic E-state index is 0.265. The second kappa shape index (κ2) is 4.94. The minimum absolute atomic E-state index is 0.265. The van der Waals surface area contributed by atoms with E-state index in [-0.39, 0.29) is 5.54 Å². The fraction of sp³-hybridized carbons (Fsp3) is 0.615. The maximum absolute atomic E-state index is 6.20. The van der Waals surface area contributed by atoms with E-state index in [2.05, 4.69) is 28.9 Å². The Morgan fingerprint density at radius 2 is 2.06 bits per heavy atom. The minimum Gasteiger partial charge on any atom is -0.397 e. The Kier molecular flexibility index (Phi) is 3.69. The Hall–Kier alpha value is -1.00. The van der Waals surface area contributed by atoms with Crippen LogP contribution in [-0.4, -0.2) is 43.1 Å². The standard InChI is InChI=1S/C13H21ClN4/c1-17(2)13(5-4-6-13)9-18(3)12-11(14)7-10(15)8-16-12/h7-8H,4-6,9,15H2,1-3H3. The highest BCUT2D eigenvalue weighted by Crippen LogP contribution is 2.38. The molecule has 1 heterocycles. The van der Waals surface area contributed by atoms with Crippen LogP contribution in [0.25, 0.3) is 0 Å². The first-order valence-corrected chi connectivity index (χ1v) is 6.62. The molecular weight excluding hydrogens is 248 g/mol. The van der Waals surface area contributed by atoms with E-state index in [0.29, 0.717) is 10.7 Å². The number of hydrogen-bond donors (Lipinski definition) is 1. The molecule has 0 bridgehead atoms. The molecule has 4 nitrogen and oxygen atoms in total. The summed E-state index contributed by atoms with van der Waals surface area (Å²) in [4.78, 5) is 8.77. The number of hydrogen-bond acceptors (Lipinski definition) is 4. The molecule has 5 heteroatoms. The highest BCUT2D eigenvalue weighted by molar-refractivity contribution is 6.33. The Balaban J connectivity index is 2.14. The molecule has 100 valence electrons. The molecular formula is C13H21ClN4. The lowest BCUT2D eigenvalue weighted by Gasteiger charge is -2.49. The molecule has 0 aromatic carbocycles. The highest BCUT2D eigenvalue weighted by Gasteiger charge is 2.40. The van der Waals surface area contributed by atoms with Crippen LogP contribution >= 0.6 is 11.6 Å². The number of rotatable bonds is 4. The van der Waals surface area contributed by atoms with Gasteiger partial charge in [0.15, 0.2) is 0 Å². The maximum atomic E-state index is 6.20. The number of nitrogens with zero attached hydrogens (tertiary/aromatic N) is 3. The average Bonchev–Trinajstić information content (AvgIpc) is 2.22. The lowest BCUT2D eigenvalue weighted by atomic mass is 9.75. The van der Waals surface area contributed by atoms with Crippen LogP contribution < -0.4 is 10.6 Å². The van der Waals surface area contributed by atoms with Crippen LogP contribution in [0.1, 0.15) is 19.3 Å². The van der Waals surface area contributed by atoms with Crippen LogP contribution in [0.3, 0.4) is 0 Å². The smallest absolute Gasteiger partial charge is 0.147 e. The number of nitrogen functional groups attached to an aromatic ring is 1. The van der Waals surface area contributed by atoms with Gasteiger partial charge in [-0.15, -0.1) is 0 Å². The summed E-state index contributed by atoms with van der Waals surface area (Å²) in [5.74, 6) is 0.805. The van der Waals surface area contributed by atoms with Gasteiger partial charge in [-0.05, 0) is 39.4 Å². The van der Waals surface area contributed by atoms with E-state index in [1.807, 2.05) is 7.05 Å². The van der Waals surface area contributed by atoms with E-state index in [0.717, 1.165) is 12.4 Å². The van der Waals surface area contributed by atoms with Crippen LogP contribution in [0.4, 0.5) is 11.5 Å². The van der Waals surface area contributed by atoms with Crippen LogP contribution in [0.5, 0.6) is 0 Å². The van der Waals surface area contributed by atoms with Gasteiger partial charge in [0, 0.05) is 19.1 Å². The lowest BCUT2D eigenvalue weighted by molar-refractivity contribution is 0.0682. The Morgan fingerprint density at radius 3 is 2.50 bits per heavy atom. The van der Waals surface area contributed by atoms with Gasteiger partial charge in [-0.3, -0.25) is 0 Å². The summed E-state index contributed by atoms with van der Waals surface area (Å²) in [5, 5.41) is 0.616. The van der Waals surface area contributed by atoms with Gasteiger partial charge in [0.2, 0.25) is 0 Å². The van der Waals surface area contributed by atoms with Crippen LogP contribution in [0, 0.1) is 0 Å². The van der Waals surface area contributed by atoms with Crippen molar-refractivity contribution in [3.63, 3.8) is 0 Å². The summed E-state index contributed by atoms with van der Waals surface area (Å²) in [7, 11) is 6.32. The number of aromatic nitrogens is 1. The summed E-state index contributed by atoms with van der Waals surface area (Å²) in [6, 6.07) is 1.75. The van der Waals surface area contributed by atoms with E-state index in [1.54, 1.807) is 12.3 Å². The molecule has 0 aliphatic heterocycles. The van der Waals surface area contributed by atoms with Crippen molar-refractivity contribution in [2.45, 2.75) is 24.8 Å². The van der Waals surface area contributed by atoms with Crippen LogP contribution in [0.2, 0.25) is 5.02 Å². The first-order valence-electron chi connectivity index (χ1n) is 6.24. The van der Waals surface area contributed by atoms with Gasteiger partial charge in [-0.1, -0.05) is 11.6 Å². The molecule has 0 saturated heterocycles. The van der Waals surface area contributed by atoms with E-state index in [9.17, 15) is 0 Å². The molecule has 1 fully saturated rings. The largest absolute Gasteiger partial charge is 0.397 e. The third kappa shape index (κ3) is 2.40. The van der Waals surface area contributed by atoms with E-state index in [1.165, 1.54) is 19.3 Å². The molecule has 1 aliphatic carbocycles. The van der Waals surface area contributed by atoms with E-state index < -0.39 is 0 Å². The number of pyridine rings is 1.